The topological polar surface area (TPSA) is 111 Å². The average Bonchev–Trinajstić information content (AvgIpc) is 2.70. The van der Waals surface area contributed by atoms with Gasteiger partial charge >= 0.3 is 0 Å². The maximum absolute atomic E-state index is 11.9. The van der Waals surface area contributed by atoms with Gasteiger partial charge in [-0.1, -0.05) is 6.07 Å². The highest BCUT2D eigenvalue weighted by Crippen LogP contribution is 2.29. The number of methoxy groups -OCH3 is 2. The van der Waals surface area contributed by atoms with Gasteiger partial charge in [0.2, 0.25) is 5.91 Å². The highest BCUT2D eigenvalue weighted by molar-refractivity contribution is 5.91. The number of hydrogen-bond acceptors (Lipinski definition) is 6. The number of nitrogens with one attached hydrogen (secondary N) is 1. The molecular weight excluding hydrogens is 352 g/mol. The molecule has 27 heavy (non-hydrogen) atoms. The van der Waals surface area contributed by atoms with Gasteiger partial charge in [-0.15, -0.1) is 0 Å². The van der Waals surface area contributed by atoms with Crippen molar-refractivity contribution in [3.63, 3.8) is 0 Å². The van der Waals surface area contributed by atoms with Gasteiger partial charge in [0.15, 0.2) is 11.5 Å². The molecule has 0 bridgehead atoms. The van der Waals surface area contributed by atoms with E-state index in [2.05, 4.69) is 5.32 Å². The van der Waals surface area contributed by atoms with Crippen LogP contribution in [0.15, 0.2) is 48.5 Å². The van der Waals surface area contributed by atoms with Crippen LogP contribution in [-0.2, 0) is 4.79 Å². The van der Waals surface area contributed by atoms with Crippen LogP contribution in [0.5, 0.6) is 11.5 Å². The number of aliphatic hydroxyl groups is 1. The van der Waals surface area contributed by atoms with Gasteiger partial charge < -0.3 is 19.9 Å². The molecule has 2 rings (SSSR count). The summed E-state index contributed by atoms with van der Waals surface area (Å²) in [4.78, 5) is 22.0. The summed E-state index contributed by atoms with van der Waals surface area (Å²) in [5, 5.41) is 23.4. The van der Waals surface area contributed by atoms with Crippen LogP contribution in [0.25, 0.3) is 6.08 Å². The van der Waals surface area contributed by atoms with Crippen LogP contribution in [0.4, 0.5) is 5.69 Å². The van der Waals surface area contributed by atoms with E-state index in [0.29, 0.717) is 22.6 Å². The number of carbonyl (C=O) groups excluding carboxylic acids is 1. The largest absolute Gasteiger partial charge is 0.493 e. The minimum Gasteiger partial charge on any atom is -0.493 e. The van der Waals surface area contributed by atoms with E-state index in [1.165, 1.54) is 38.5 Å². The standard InChI is InChI=1S/C19H20N2O6/c1-26-17-9-6-14(11-18(17)27-2)16(22)12-20-19(23)10-5-13-3-7-15(8-4-13)21(24)25/h3-11,16,22H,12H2,1-2H3,(H,20,23)/b10-5+. The van der Waals surface area contributed by atoms with E-state index in [-0.39, 0.29) is 12.2 Å². The molecular formula is C19H20N2O6. The first kappa shape index (κ1) is 19.9. The molecule has 0 aliphatic rings. The SMILES string of the molecule is COc1ccc(C(O)CNC(=O)/C=C/c2ccc([N+](=O)[O-])cc2)cc1OC. The van der Waals surface area contributed by atoms with Crippen LogP contribution in [0.1, 0.15) is 17.2 Å². The van der Waals surface area contributed by atoms with Gasteiger partial charge in [0, 0.05) is 24.8 Å². The van der Waals surface area contributed by atoms with Crippen molar-refractivity contribution >= 4 is 17.7 Å². The van der Waals surface area contributed by atoms with Crippen LogP contribution in [0, 0.1) is 10.1 Å². The van der Waals surface area contributed by atoms with Crippen molar-refractivity contribution in [2.24, 2.45) is 0 Å². The number of rotatable bonds is 8. The number of carbonyl (C=O) groups is 1. The number of ether oxygens (including phenoxy) is 2. The van der Waals surface area contributed by atoms with Gasteiger partial charge in [0.25, 0.3) is 5.69 Å². The predicted molar refractivity (Wildman–Crippen MR) is 99.6 cm³/mol. The van der Waals surface area contributed by atoms with E-state index < -0.39 is 16.9 Å². The molecule has 0 heterocycles. The van der Waals surface area contributed by atoms with E-state index >= 15 is 0 Å². The number of nitro benzene ring substituents is 1. The van der Waals surface area contributed by atoms with Crippen molar-refractivity contribution in [1.29, 1.82) is 0 Å². The minimum atomic E-state index is -0.915. The molecule has 0 aromatic heterocycles. The maximum atomic E-state index is 11.9. The van der Waals surface area contributed by atoms with Gasteiger partial charge in [-0.2, -0.15) is 0 Å². The lowest BCUT2D eigenvalue weighted by Crippen LogP contribution is -2.26. The van der Waals surface area contributed by atoms with E-state index in [0.717, 1.165) is 0 Å². The number of hydrogen-bond donors (Lipinski definition) is 2. The molecule has 2 aromatic rings. The second-order valence-corrected chi connectivity index (χ2v) is 5.56. The van der Waals surface area contributed by atoms with Crippen LogP contribution >= 0.6 is 0 Å². The van der Waals surface area contributed by atoms with Crippen LogP contribution in [-0.4, -0.2) is 36.7 Å². The summed E-state index contributed by atoms with van der Waals surface area (Å²) in [5.74, 6) is 0.634. The smallest absolute Gasteiger partial charge is 0.269 e. The van der Waals surface area contributed by atoms with Crippen LogP contribution in [0.2, 0.25) is 0 Å². The number of aliphatic hydroxyl groups excluding tert-OH is 1. The minimum absolute atomic E-state index is 0.0128. The summed E-state index contributed by atoms with van der Waals surface area (Å²) in [6.07, 6.45) is 1.91. The highest BCUT2D eigenvalue weighted by Gasteiger charge is 2.12. The summed E-state index contributed by atoms with van der Waals surface area (Å²) < 4.78 is 10.3. The number of non-ortho nitro benzene ring substituents is 1. The summed E-state index contributed by atoms with van der Waals surface area (Å²) in [6, 6.07) is 10.8. The van der Waals surface area contributed by atoms with Crippen molar-refractivity contribution in [2.45, 2.75) is 6.10 Å². The predicted octanol–water partition coefficient (Wildman–Crippen LogP) is 2.48. The molecule has 8 nitrogen and oxygen atoms in total. The molecule has 0 aliphatic heterocycles. The Morgan fingerprint density at radius 3 is 2.44 bits per heavy atom. The molecule has 0 aliphatic carbocycles. The number of nitro groups is 1. The van der Waals surface area contributed by atoms with Crippen molar-refractivity contribution in [3.8, 4) is 11.5 Å². The summed E-state index contributed by atoms with van der Waals surface area (Å²) in [6.45, 7) is 0.0128. The first-order chi connectivity index (χ1) is 12.9. The first-order valence-electron chi connectivity index (χ1n) is 8.05. The number of amides is 1. The fourth-order valence-corrected chi connectivity index (χ4v) is 2.31. The van der Waals surface area contributed by atoms with Crippen molar-refractivity contribution in [3.05, 3.63) is 69.8 Å². The van der Waals surface area contributed by atoms with Gasteiger partial charge in [0.05, 0.1) is 25.2 Å². The molecule has 2 aromatic carbocycles. The third-order valence-corrected chi connectivity index (χ3v) is 3.79. The van der Waals surface area contributed by atoms with E-state index in [1.54, 1.807) is 30.3 Å². The van der Waals surface area contributed by atoms with Gasteiger partial charge in [-0.3, -0.25) is 14.9 Å². The van der Waals surface area contributed by atoms with E-state index in [4.69, 9.17) is 9.47 Å². The van der Waals surface area contributed by atoms with E-state index in [1.807, 2.05) is 0 Å². The molecule has 0 saturated carbocycles. The Hall–Kier alpha value is -3.39. The monoisotopic (exact) mass is 372 g/mol. The summed E-state index contributed by atoms with van der Waals surface area (Å²) >= 11 is 0. The number of benzene rings is 2. The zero-order valence-electron chi connectivity index (χ0n) is 14.9. The second-order valence-electron chi connectivity index (χ2n) is 5.56. The second kappa shape index (κ2) is 9.35. The molecule has 0 spiro atoms. The Morgan fingerprint density at radius 1 is 1.19 bits per heavy atom. The van der Waals surface area contributed by atoms with Crippen LogP contribution < -0.4 is 14.8 Å². The van der Waals surface area contributed by atoms with Gasteiger partial charge in [0.1, 0.15) is 0 Å². The zero-order valence-corrected chi connectivity index (χ0v) is 14.9. The highest BCUT2D eigenvalue weighted by atomic mass is 16.6. The fraction of sp³-hybridized carbons (Fsp3) is 0.211. The van der Waals surface area contributed by atoms with Crippen molar-refractivity contribution < 1.29 is 24.3 Å². The molecule has 1 amide bonds. The Labute approximate surface area is 156 Å². The van der Waals surface area contributed by atoms with Crippen molar-refractivity contribution in [1.82, 2.24) is 5.32 Å². The third-order valence-electron chi connectivity index (χ3n) is 3.79. The zero-order chi connectivity index (χ0) is 19.8. The summed E-state index contributed by atoms with van der Waals surface area (Å²) in [7, 11) is 3.02. The molecule has 1 unspecified atom stereocenters. The first-order valence-corrected chi connectivity index (χ1v) is 8.05. The molecule has 142 valence electrons. The molecule has 0 fully saturated rings. The Bertz CT molecular complexity index is 833. The van der Waals surface area contributed by atoms with E-state index in [9.17, 15) is 20.0 Å². The molecule has 0 saturated heterocycles. The molecule has 2 N–H and O–H groups in total. The molecule has 0 radical (unpaired) electrons. The molecule has 1 atom stereocenters. The Kier molecular flexibility index (Phi) is 6.90. The Morgan fingerprint density at radius 2 is 1.85 bits per heavy atom. The third kappa shape index (κ3) is 5.55. The molecule has 8 heteroatoms. The Balaban J connectivity index is 1.91. The quantitative estimate of drug-likeness (QED) is 0.418. The summed E-state index contributed by atoms with van der Waals surface area (Å²) in [5.41, 5.74) is 1.21. The number of nitrogens with zero attached hydrogens (tertiary/aromatic N) is 1. The maximum Gasteiger partial charge on any atom is 0.269 e. The van der Waals surface area contributed by atoms with Gasteiger partial charge in [-0.25, -0.2) is 0 Å². The van der Waals surface area contributed by atoms with Gasteiger partial charge in [-0.05, 0) is 41.5 Å². The van der Waals surface area contributed by atoms with Crippen LogP contribution in [0.3, 0.4) is 0 Å². The normalized spacial score (nSPS) is 11.8. The average molecular weight is 372 g/mol. The lowest BCUT2D eigenvalue weighted by atomic mass is 10.1. The lowest BCUT2D eigenvalue weighted by molar-refractivity contribution is -0.384. The fourth-order valence-electron chi connectivity index (χ4n) is 2.31. The lowest BCUT2D eigenvalue weighted by Gasteiger charge is -2.14. The van der Waals surface area contributed by atoms with Crippen molar-refractivity contribution in [2.75, 3.05) is 20.8 Å².